The van der Waals surface area contributed by atoms with Crippen LogP contribution in [-0.4, -0.2) is 16.7 Å². The van der Waals surface area contributed by atoms with Crippen LogP contribution in [0.25, 0.3) is 6.08 Å². The van der Waals surface area contributed by atoms with Gasteiger partial charge in [0.2, 0.25) is 0 Å². The maximum absolute atomic E-state index is 5.59. The molecule has 2 aromatic rings. The molecule has 0 amide bonds. The topological polar surface area (TPSA) is 27.1 Å². The molecule has 25 heavy (non-hydrogen) atoms. The normalized spacial score (nSPS) is 14.7. The SMILES string of the molecule is CC/C(=C\c1ccc(OC)c2c1CCCC2)Cn1ccnc1C(C)C. The van der Waals surface area contributed by atoms with Crippen LogP contribution in [0.15, 0.2) is 30.1 Å². The fourth-order valence-corrected chi connectivity index (χ4v) is 3.84. The average molecular weight is 338 g/mol. The van der Waals surface area contributed by atoms with Crippen molar-refractivity contribution in [2.24, 2.45) is 0 Å². The summed E-state index contributed by atoms with van der Waals surface area (Å²) in [6, 6.07) is 4.37. The van der Waals surface area contributed by atoms with Gasteiger partial charge in [0.25, 0.3) is 0 Å². The van der Waals surface area contributed by atoms with Crippen LogP contribution in [0.2, 0.25) is 0 Å². The van der Waals surface area contributed by atoms with Gasteiger partial charge in [-0.2, -0.15) is 0 Å². The summed E-state index contributed by atoms with van der Waals surface area (Å²) < 4.78 is 7.88. The minimum Gasteiger partial charge on any atom is -0.496 e. The summed E-state index contributed by atoms with van der Waals surface area (Å²) in [6.45, 7) is 7.57. The highest BCUT2D eigenvalue weighted by atomic mass is 16.5. The Morgan fingerprint density at radius 3 is 2.68 bits per heavy atom. The number of benzene rings is 1. The van der Waals surface area contributed by atoms with Gasteiger partial charge in [0.15, 0.2) is 0 Å². The number of imidazole rings is 1. The van der Waals surface area contributed by atoms with Crippen molar-refractivity contribution in [2.75, 3.05) is 7.11 Å². The summed E-state index contributed by atoms with van der Waals surface area (Å²) in [4.78, 5) is 4.52. The molecule has 1 aromatic heterocycles. The van der Waals surface area contributed by atoms with Crippen molar-refractivity contribution < 1.29 is 4.74 Å². The van der Waals surface area contributed by atoms with Gasteiger partial charge in [-0.1, -0.05) is 38.5 Å². The number of allylic oxidation sites excluding steroid dienone is 1. The van der Waals surface area contributed by atoms with Crippen LogP contribution in [-0.2, 0) is 19.4 Å². The van der Waals surface area contributed by atoms with Crippen LogP contribution in [0.3, 0.4) is 0 Å². The van der Waals surface area contributed by atoms with E-state index in [1.165, 1.54) is 35.1 Å². The molecule has 1 heterocycles. The van der Waals surface area contributed by atoms with E-state index >= 15 is 0 Å². The van der Waals surface area contributed by atoms with Crippen LogP contribution in [0.1, 0.15) is 68.5 Å². The second kappa shape index (κ2) is 7.90. The van der Waals surface area contributed by atoms with E-state index in [0.717, 1.165) is 37.4 Å². The molecule has 0 unspecified atom stereocenters. The zero-order valence-electron chi connectivity index (χ0n) is 16.0. The van der Waals surface area contributed by atoms with Crippen LogP contribution in [0, 0.1) is 0 Å². The molecule has 0 aliphatic heterocycles. The van der Waals surface area contributed by atoms with Crippen LogP contribution < -0.4 is 4.74 Å². The molecule has 1 aromatic carbocycles. The molecule has 0 saturated heterocycles. The molecule has 1 aliphatic rings. The Labute approximate surface area is 151 Å². The second-order valence-electron chi connectivity index (χ2n) is 7.25. The van der Waals surface area contributed by atoms with E-state index in [1.807, 2.05) is 6.20 Å². The van der Waals surface area contributed by atoms with Crippen molar-refractivity contribution in [1.29, 1.82) is 0 Å². The lowest BCUT2D eigenvalue weighted by Gasteiger charge is -2.21. The molecule has 0 N–H and O–H groups in total. The minimum atomic E-state index is 0.446. The van der Waals surface area contributed by atoms with Gasteiger partial charge in [-0.3, -0.25) is 0 Å². The maximum Gasteiger partial charge on any atom is 0.122 e. The summed E-state index contributed by atoms with van der Waals surface area (Å²) in [5, 5.41) is 0. The summed E-state index contributed by atoms with van der Waals surface area (Å²) in [6.07, 6.45) is 12.3. The summed E-state index contributed by atoms with van der Waals surface area (Å²) in [5.74, 6) is 2.67. The van der Waals surface area contributed by atoms with E-state index < -0.39 is 0 Å². The van der Waals surface area contributed by atoms with Crippen molar-refractivity contribution in [2.45, 2.75) is 65.3 Å². The van der Waals surface area contributed by atoms with E-state index in [1.54, 1.807) is 7.11 Å². The predicted octanol–water partition coefficient (Wildman–Crippen LogP) is 5.39. The Balaban J connectivity index is 1.93. The van der Waals surface area contributed by atoms with Crippen molar-refractivity contribution in [1.82, 2.24) is 9.55 Å². The molecule has 0 saturated carbocycles. The number of aromatic nitrogens is 2. The number of ether oxygens (including phenoxy) is 1. The Kier molecular flexibility index (Phi) is 5.62. The van der Waals surface area contributed by atoms with Gasteiger partial charge >= 0.3 is 0 Å². The molecule has 1 aliphatic carbocycles. The third-order valence-electron chi connectivity index (χ3n) is 5.20. The van der Waals surface area contributed by atoms with Crippen molar-refractivity contribution in [3.05, 3.63) is 52.6 Å². The quantitative estimate of drug-likeness (QED) is 0.706. The fraction of sp³-hybridized carbons (Fsp3) is 0.500. The molecule has 3 rings (SSSR count). The molecule has 0 spiro atoms. The molecule has 0 atom stereocenters. The zero-order chi connectivity index (χ0) is 17.8. The Morgan fingerprint density at radius 1 is 1.24 bits per heavy atom. The summed E-state index contributed by atoms with van der Waals surface area (Å²) in [5.41, 5.74) is 5.73. The number of rotatable bonds is 6. The van der Waals surface area contributed by atoms with Gasteiger partial charge in [-0.15, -0.1) is 0 Å². The lowest BCUT2D eigenvalue weighted by molar-refractivity contribution is 0.406. The first-order valence-electron chi connectivity index (χ1n) is 9.53. The van der Waals surface area contributed by atoms with Gasteiger partial charge < -0.3 is 9.30 Å². The maximum atomic E-state index is 5.59. The highest BCUT2D eigenvalue weighted by Crippen LogP contribution is 2.33. The first kappa shape index (κ1) is 17.8. The van der Waals surface area contributed by atoms with Crippen molar-refractivity contribution >= 4 is 6.08 Å². The van der Waals surface area contributed by atoms with Crippen LogP contribution in [0.4, 0.5) is 0 Å². The van der Waals surface area contributed by atoms with E-state index in [0.29, 0.717) is 5.92 Å². The number of nitrogens with zero attached hydrogens (tertiary/aromatic N) is 2. The summed E-state index contributed by atoms with van der Waals surface area (Å²) in [7, 11) is 1.78. The Morgan fingerprint density at radius 2 is 2.00 bits per heavy atom. The largest absolute Gasteiger partial charge is 0.496 e. The monoisotopic (exact) mass is 338 g/mol. The molecular formula is C22H30N2O. The van der Waals surface area contributed by atoms with Crippen LogP contribution in [0.5, 0.6) is 5.75 Å². The number of methoxy groups -OCH3 is 1. The van der Waals surface area contributed by atoms with Gasteiger partial charge in [0.05, 0.1) is 7.11 Å². The lowest BCUT2D eigenvalue weighted by Crippen LogP contribution is -2.08. The van der Waals surface area contributed by atoms with Gasteiger partial charge in [-0.05, 0) is 54.9 Å². The lowest BCUT2D eigenvalue weighted by atomic mass is 9.87. The van der Waals surface area contributed by atoms with Gasteiger partial charge in [0, 0.05) is 24.9 Å². The number of hydrogen-bond donors (Lipinski definition) is 0. The Hall–Kier alpha value is -2.03. The summed E-state index contributed by atoms with van der Waals surface area (Å²) >= 11 is 0. The highest BCUT2D eigenvalue weighted by Gasteiger charge is 2.17. The molecule has 0 radical (unpaired) electrons. The van der Waals surface area contributed by atoms with E-state index in [2.05, 4.69) is 54.7 Å². The number of fused-ring (bicyclic) bond motifs is 1. The standard InChI is InChI=1S/C22H30N2O/c1-5-17(15-24-13-12-23-22(24)16(2)3)14-18-10-11-21(25-4)20-9-7-6-8-19(18)20/h10-14,16H,5-9,15H2,1-4H3/b17-14+. The fourth-order valence-electron chi connectivity index (χ4n) is 3.84. The van der Waals surface area contributed by atoms with E-state index in [-0.39, 0.29) is 0 Å². The minimum absolute atomic E-state index is 0.446. The predicted molar refractivity (Wildman–Crippen MR) is 104 cm³/mol. The molecule has 134 valence electrons. The van der Waals surface area contributed by atoms with Crippen molar-refractivity contribution in [3.8, 4) is 5.75 Å². The first-order valence-corrected chi connectivity index (χ1v) is 9.53. The third kappa shape index (κ3) is 3.81. The van der Waals surface area contributed by atoms with Gasteiger partial charge in [-0.25, -0.2) is 4.98 Å². The van der Waals surface area contributed by atoms with Crippen LogP contribution >= 0.6 is 0 Å². The van der Waals surface area contributed by atoms with Gasteiger partial charge in [0.1, 0.15) is 11.6 Å². The number of hydrogen-bond acceptors (Lipinski definition) is 2. The third-order valence-corrected chi connectivity index (χ3v) is 5.20. The molecule has 3 nitrogen and oxygen atoms in total. The highest BCUT2D eigenvalue weighted by molar-refractivity contribution is 5.62. The first-order chi connectivity index (χ1) is 12.1. The zero-order valence-corrected chi connectivity index (χ0v) is 16.0. The molecular weight excluding hydrogens is 308 g/mol. The van der Waals surface area contributed by atoms with Crippen molar-refractivity contribution in [3.63, 3.8) is 0 Å². The second-order valence-corrected chi connectivity index (χ2v) is 7.25. The molecule has 3 heteroatoms. The average Bonchev–Trinajstić information content (AvgIpc) is 3.09. The van der Waals surface area contributed by atoms with E-state index in [9.17, 15) is 0 Å². The molecule has 0 bridgehead atoms. The van der Waals surface area contributed by atoms with E-state index in [4.69, 9.17) is 4.74 Å². The molecule has 0 fully saturated rings. The smallest absolute Gasteiger partial charge is 0.122 e. The Bertz CT molecular complexity index is 755.